The number of hydrogen-bond acceptors (Lipinski definition) is 4. The fourth-order valence-electron chi connectivity index (χ4n) is 3.84. The zero-order valence-electron chi connectivity index (χ0n) is 16.6. The molecule has 0 atom stereocenters. The highest BCUT2D eigenvalue weighted by atomic mass is 16.2. The quantitative estimate of drug-likeness (QED) is 0.637. The number of carbonyl (C=O) groups excluding carboxylic acids is 2. The van der Waals surface area contributed by atoms with Crippen LogP contribution in [0, 0.1) is 0 Å². The molecule has 0 aliphatic heterocycles. The number of nitrogens with zero attached hydrogens (tertiary/aromatic N) is 2. The maximum Gasteiger partial charge on any atom is 0.309 e. The van der Waals surface area contributed by atoms with E-state index in [2.05, 4.69) is 15.6 Å². The Morgan fingerprint density at radius 2 is 1.67 bits per heavy atom. The van der Waals surface area contributed by atoms with Gasteiger partial charge < -0.3 is 10.6 Å². The topological polar surface area (TPSA) is 93.1 Å². The number of benzene rings is 2. The van der Waals surface area contributed by atoms with Gasteiger partial charge in [0.1, 0.15) is 5.82 Å². The number of amides is 2. The normalized spacial score (nSPS) is 14.0. The van der Waals surface area contributed by atoms with Crippen molar-refractivity contribution in [1.29, 1.82) is 0 Å². The van der Waals surface area contributed by atoms with Gasteiger partial charge in [-0.25, -0.2) is 4.98 Å². The third-order valence-corrected chi connectivity index (χ3v) is 5.43. The molecule has 2 N–H and O–H groups in total. The summed E-state index contributed by atoms with van der Waals surface area (Å²) < 4.78 is 1.55. The van der Waals surface area contributed by atoms with E-state index < -0.39 is 11.8 Å². The van der Waals surface area contributed by atoms with Crippen molar-refractivity contribution in [3.05, 3.63) is 76.3 Å². The number of para-hydroxylation sites is 1. The van der Waals surface area contributed by atoms with Crippen molar-refractivity contribution < 1.29 is 9.59 Å². The van der Waals surface area contributed by atoms with Crippen molar-refractivity contribution in [2.75, 3.05) is 0 Å². The molecule has 0 bridgehead atoms. The van der Waals surface area contributed by atoms with Crippen molar-refractivity contribution in [3.63, 3.8) is 0 Å². The van der Waals surface area contributed by atoms with Crippen LogP contribution in [0.5, 0.6) is 0 Å². The zero-order valence-corrected chi connectivity index (χ0v) is 16.6. The second-order valence-electron chi connectivity index (χ2n) is 7.56. The van der Waals surface area contributed by atoms with Crippen molar-refractivity contribution in [2.24, 2.45) is 0 Å². The van der Waals surface area contributed by atoms with Gasteiger partial charge in [0.2, 0.25) is 0 Å². The summed E-state index contributed by atoms with van der Waals surface area (Å²) in [5, 5.41) is 5.90. The Balaban J connectivity index is 1.57. The second kappa shape index (κ2) is 8.90. The van der Waals surface area contributed by atoms with E-state index in [1.54, 1.807) is 22.8 Å². The van der Waals surface area contributed by atoms with Crippen LogP contribution in [0.15, 0.2) is 59.4 Å². The van der Waals surface area contributed by atoms with Crippen LogP contribution in [0.25, 0.3) is 10.9 Å². The molecule has 0 spiro atoms. The predicted octanol–water partition coefficient (Wildman–Crippen LogP) is 2.12. The molecule has 7 heteroatoms. The molecule has 1 saturated carbocycles. The van der Waals surface area contributed by atoms with Crippen molar-refractivity contribution in [1.82, 2.24) is 20.2 Å². The van der Waals surface area contributed by atoms with E-state index in [4.69, 9.17) is 0 Å². The van der Waals surface area contributed by atoms with E-state index in [-0.39, 0.29) is 18.1 Å². The summed E-state index contributed by atoms with van der Waals surface area (Å²) in [6.07, 6.45) is 3.95. The van der Waals surface area contributed by atoms with Gasteiger partial charge in [-0.2, -0.15) is 0 Å². The van der Waals surface area contributed by atoms with Gasteiger partial charge in [-0.15, -0.1) is 0 Å². The highest BCUT2D eigenvalue weighted by Gasteiger charge is 2.22. The lowest BCUT2D eigenvalue weighted by molar-refractivity contribution is -0.139. The highest BCUT2D eigenvalue weighted by Crippen LogP contribution is 2.17. The maximum atomic E-state index is 13.1. The SMILES string of the molecule is O=C(NCc1nc2ccccc2c(=O)n1Cc1ccccc1)C(=O)NC1CCCC1. The van der Waals surface area contributed by atoms with Crippen molar-refractivity contribution in [3.8, 4) is 0 Å². The number of rotatable bonds is 5. The number of carbonyl (C=O) groups is 2. The first-order valence-electron chi connectivity index (χ1n) is 10.2. The predicted molar refractivity (Wildman–Crippen MR) is 114 cm³/mol. The van der Waals surface area contributed by atoms with Gasteiger partial charge in [0.15, 0.2) is 0 Å². The van der Waals surface area contributed by atoms with Crippen LogP contribution in [-0.4, -0.2) is 27.4 Å². The first-order valence-corrected chi connectivity index (χ1v) is 10.2. The smallest absolute Gasteiger partial charge is 0.309 e. The molecule has 1 aliphatic carbocycles. The first kappa shape index (κ1) is 19.8. The van der Waals surface area contributed by atoms with Crippen LogP contribution in [-0.2, 0) is 22.7 Å². The van der Waals surface area contributed by atoms with Gasteiger partial charge >= 0.3 is 11.8 Å². The Kier molecular flexibility index (Phi) is 5.88. The van der Waals surface area contributed by atoms with E-state index in [0.717, 1.165) is 31.2 Å². The number of hydrogen-bond donors (Lipinski definition) is 2. The van der Waals surface area contributed by atoms with Crippen LogP contribution < -0.4 is 16.2 Å². The monoisotopic (exact) mass is 404 g/mol. The molecule has 7 nitrogen and oxygen atoms in total. The summed E-state index contributed by atoms with van der Waals surface area (Å²) in [5.74, 6) is -0.945. The Morgan fingerprint density at radius 3 is 2.43 bits per heavy atom. The summed E-state index contributed by atoms with van der Waals surface area (Å²) in [5.41, 5.74) is 1.33. The number of aromatic nitrogens is 2. The average molecular weight is 404 g/mol. The summed E-state index contributed by atoms with van der Waals surface area (Å²) >= 11 is 0. The zero-order chi connectivity index (χ0) is 20.9. The third kappa shape index (κ3) is 4.40. The molecule has 0 unspecified atom stereocenters. The lowest BCUT2D eigenvalue weighted by Crippen LogP contribution is -2.44. The molecule has 1 heterocycles. The molecule has 0 saturated heterocycles. The van der Waals surface area contributed by atoms with Crippen LogP contribution in [0.1, 0.15) is 37.1 Å². The minimum Gasteiger partial charge on any atom is -0.345 e. The van der Waals surface area contributed by atoms with Crippen LogP contribution in [0.3, 0.4) is 0 Å². The van der Waals surface area contributed by atoms with Crippen LogP contribution in [0.4, 0.5) is 0 Å². The summed E-state index contributed by atoms with van der Waals surface area (Å²) in [4.78, 5) is 42.1. The lowest BCUT2D eigenvalue weighted by Gasteiger charge is -2.15. The fraction of sp³-hybridized carbons (Fsp3) is 0.304. The lowest BCUT2D eigenvalue weighted by atomic mass is 10.2. The Labute approximate surface area is 174 Å². The maximum absolute atomic E-state index is 13.1. The molecular formula is C23H24N4O3. The summed E-state index contributed by atoms with van der Waals surface area (Å²) in [6, 6.07) is 16.8. The largest absolute Gasteiger partial charge is 0.345 e. The van der Waals surface area contributed by atoms with Gasteiger partial charge in [-0.1, -0.05) is 55.3 Å². The van der Waals surface area contributed by atoms with Crippen LogP contribution in [0.2, 0.25) is 0 Å². The molecule has 1 aliphatic rings. The minimum atomic E-state index is -0.712. The first-order chi connectivity index (χ1) is 14.6. The third-order valence-electron chi connectivity index (χ3n) is 5.43. The van der Waals surface area contributed by atoms with Crippen molar-refractivity contribution in [2.45, 2.75) is 44.8 Å². The van der Waals surface area contributed by atoms with E-state index >= 15 is 0 Å². The molecule has 4 rings (SSSR count). The molecule has 1 fully saturated rings. The standard InChI is InChI=1S/C23H24N4O3/c28-21(22(29)25-17-10-4-5-11-17)24-14-20-26-19-13-7-6-12-18(19)23(30)27(20)15-16-8-2-1-3-9-16/h1-3,6-9,12-13,17H,4-5,10-11,14-15H2,(H,24,28)(H,25,29). The number of fused-ring (bicyclic) bond motifs is 1. The highest BCUT2D eigenvalue weighted by molar-refractivity contribution is 6.35. The van der Waals surface area contributed by atoms with Crippen molar-refractivity contribution >= 4 is 22.7 Å². The Hall–Kier alpha value is -3.48. The molecular weight excluding hydrogens is 380 g/mol. The molecule has 30 heavy (non-hydrogen) atoms. The summed E-state index contributed by atoms with van der Waals surface area (Å²) in [7, 11) is 0. The van der Waals surface area contributed by atoms with Gasteiger partial charge in [-0.05, 0) is 30.5 Å². The van der Waals surface area contributed by atoms with Gasteiger partial charge in [0.05, 0.1) is 24.0 Å². The molecule has 1 aromatic heterocycles. The fourth-order valence-corrected chi connectivity index (χ4v) is 3.84. The molecule has 154 valence electrons. The Morgan fingerprint density at radius 1 is 0.967 bits per heavy atom. The minimum absolute atomic E-state index is 0.0101. The second-order valence-corrected chi connectivity index (χ2v) is 7.56. The van der Waals surface area contributed by atoms with Gasteiger partial charge in [0.25, 0.3) is 5.56 Å². The van der Waals surface area contributed by atoms with E-state index in [1.807, 2.05) is 36.4 Å². The molecule has 2 amide bonds. The molecule has 0 radical (unpaired) electrons. The summed E-state index contributed by atoms with van der Waals surface area (Å²) in [6.45, 7) is 0.320. The molecule has 2 aromatic carbocycles. The Bertz CT molecular complexity index is 1120. The van der Waals surface area contributed by atoms with Crippen LogP contribution >= 0.6 is 0 Å². The van der Waals surface area contributed by atoms with E-state index in [1.165, 1.54) is 0 Å². The van der Waals surface area contributed by atoms with Gasteiger partial charge in [-0.3, -0.25) is 19.0 Å². The molecule has 3 aromatic rings. The average Bonchev–Trinajstić information content (AvgIpc) is 3.28. The van der Waals surface area contributed by atoms with E-state index in [9.17, 15) is 14.4 Å². The number of nitrogens with one attached hydrogen (secondary N) is 2. The van der Waals surface area contributed by atoms with E-state index in [0.29, 0.717) is 23.3 Å². The van der Waals surface area contributed by atoms with Gasteiger partial charge in [0, 0.05) is 6.04 Å².